The van der Waals surface area contributed by atoms with E-state index in [0.717, 1.165) is 16.9 Å². The first-order valence-electron chi connectivity index (χ1n) is 6.36. The van der Waals surface area contributed by atoms with Crippen LogP contribution >= 0.6 is 0 Å². The smallest absolute Gasteiger partial charge is 0.128 e. The van der Waals surface area contributed by atoms with Crippen molar-refractivity contribution in [3.63, 3.8) is 0 Å². The normalized spacial score (nSPS) is 12.2. The van der Waals surface area contributed by atoms with Crippen LogP contribution in [0.2, 0.25) is 0 Å². The topological polar surface area (TPSA) is 35.2 Å². The Labute approximate surface area is 113 Å². The molecule has 2 rings (SSSR count). The first-order chi connectivity index (χ1) is 9.11. The quantitative estimate of drug-likeness (QED) is 0.910. The van der Waals surface area contributed by atoms with Crippen molar-refractivity contribution in [3.8, 4) is 5.75 Å². The third kappa shape index (κ3) is 3.12. The SMILES string of the molecule is CCOc1cccc(C(N)c2ccc(C)cc2F)c1. The molecule has 0 bridgehead atoms. The molecule has 3 heteroatoms. The van der Waals surface area contributed by atoms with Gasteiger partial charge in [-0.25, -0.2) is 4.39 Å². The van der Waals surface area contributed by atoms with Crippen LogP contribution < -0.4 is 10.5 Å². The molecule has 0 fully saturated rings. The second-order valence-electron chi connectivity index (χ2n) is 4.51. The van der Waals surface area contributed by atoms with E-state index in [0.29, 0.717) is 12.2 Å². The number of hydrogen-bond donors (Lipinski definition) is 1. The van der Waals surface area contributed by atoms with Gasteiger partial charge in [0.05, 0.1) is 12.6 Å². The highest BCUT2D eigenvalue weighted by Crippen LogP contribution is 2.25. The lowest BCUT2D eigenvalue weighted by Gasteiger charge is -2.15. The van der Waals surface area contributed by atoms with Gasteiger partial charge in [0.15, 0.2) is 0 Å². The first kappa shape index (κ1) is 13.6. The molecular weight excluding hydrogens is 241 g/mol. The zero-order valence-corrected chi connectivity index (χ0v) is 11.2. The summed E-state index contributed by atoms with van der Waals surface area (Å²) in [4.78, 5) is 0. The molecule has 1 unspecified atom stereocenters. The van der Waals surface area contributed by atoms with Crippen molar-refractivity contribution in [1.82, 2.24) is 0 Å². The molecule has 0 aromatic heterocycles. The Kier molecular flexibility index (Phi) is 4.17. The highest BCUT2D eigenvalue weighted by molar-refractivity contribution is 5.37. The van der Waals surface area contributed by atoms with Gasteiger partial charge in [-0.2, -0.15) is 0 Å². The summed E-state index contributed by atoms with van der Waals surface area (Å²) in [5, 5.41) is 0. The Morgan fingerprint density at radius 2 is 2.00 bits per heavy atom. The van der Waals surface area contributed by atoms with Crippen molar-refractivity contribution < 1.29 is 9.13 Å². The molecule has 2 nitrogen and oxygen atoms in total. The van der Waals surface area contributed by atoms with E-state index in [4.69, 9.17) is 10.5 Å². The molecule has 1 atom stereocenters. The van der Waals surface area contributed by atoms with Gasteiger partial charge < -0.3 is 10.5 Å². The molecular formula is C16H18FNO. The summed E-state index contributed by atoms with van der Waals surface area (Å²) < 4.78 is 19.4. The molecule has 2 aromatic carbocycles. The molecule has 19 heavy (non-hydrogen) atoms. The third-order valence-corrected chi connectivity index (χ3v) is 3.02. The number of aryl methyl sites for hydroxylation is 1. The predicted molar refractivity (Wildman–Crippen MR) is 74.8 cm³/mol. The van der Waals surface area contributed by atoms with Gasteiger partial charge in [-0.3, -0.25) is 0 Å². The largest absolute Gasteiger partial charge is 0.494 e. The monoisotopic (exact) mass is 259 g/mol. The highest BCUT2D eigenvalue weighted by atomic mass is 19.1. The van der Waals surface area contributed by atoms with Crippen molar-refractivity contribution in [3.05, 3.63) is 65.0 Å². The molecule has 0 aliphatic heterocycles. The molecule has 0 heterocycles. The van der Waals surface area contributed by atoms with Crippen LogP contribution in [0.1, 0.15) is 29.7 Å². The van der Waals surface area contributed by atoms with Crippen molar-refractivity contribution >= 4 is 0 Å². The van der Waals surface area contributed by atoms with Gasteiger partial charge >= 0.3 is 0 Å². The molecule has 2 N–H and O–H groups in total. The van der Waals surface area contributed by atoms with Gasteiger partial charge in [0.1, 0.15) is 11.6 Å². The maximum absolute atomic E-state index is 13.9. The van der Waals surface area contributed by atoms with Crippen LogP contribution in [0, 0.1) is 12.7 Å². The van der Waals surface area contributed by atoms with E-state index in [9.17, 15) is 4.39 Å². The van der Waals surface area contributed by atoms with E-state index >= 15 is 0 Å². The summed E-state index contributed by atoms with van der Waals surface area (Å²) in [7, 11) is 0. The van der Waals surface area contributed by atoms with Crippen LogP contribution in [0.5, 0.6) is 5.75 Å². The lowest BCUT2D eigenvalue weighted by molar-refractivity contribution is 0.340. The molecule has 0 saturated carbocycles. The van der Waals surface area contributed by atoms with Crippen molar-refractivity contribution in [2.75, 3.05) is 6.61 Å². The Morgan fingerprint density at radius 3 is 2.68 bits per heavy atom. The number of nitrogens with two attached hydrogens (primary N) is 1. The lowest BCUT2D eigenvalue weighted by atomic mass is 9.98. The van der Waals surface area contributed by atoms with Crippen LogP contribution in [-0.2, 0) is 0 Å². The van der Waals surface area contributed by atoms with E-state index in [2.05, 4.69) is 0 Å². The predicted octanol–water partition coefficient (Wildman–Crippen LogP) is 3.58. The fraction of sp³-hybridized carbons (Fsp3) is 0.250. The number of benzene rings is 2. The maximum Gasteiger partial charge on any atom is 0.128 e. The van der Waals surface area contributed by atoms with E-state index in [1.165, 1.54) is 6.07 Å². The molecule has 0 aliphatic rings. The fourth-order valence-electron chi connectivity index (χ4n) is 2.03. The fourth-order valence-corrected chi connectivity index (χ4v) is 2.03. The molecule has 0 spiro atoms. The summed E-state index contributed by atoms with van der Waals surface area (Å²) in [5.74, 6) is 0.484. The van der Waals surface area contributed by atoms with E-state index in [1.54, 1.807) is 6.07 Å². The molecule has 0 aliphatic carbocycles. The van der Waals surface area contributed by atoms with Gasteiger partial charge in [0.25, 0.3) is 0 Å². The number of halogens is 1. The number of rotatable bonds is 4. The third-order valence-electron chi connectivity index (χ3n) is 3.02. The standard InChI is InChI=1S/C16H18FNO/c1-3-19-13-6-4-5-12(10-13)16(18)14-8-7-11(2)9-15(14)17/h4-10,16H,3,18H2,1-2H3. The van der Waals surface area contributed by atoms with E-state index in [-0.39, 0.29) is 5.82 Å². The Bertz CT molecular complexity index is 568. The van der Waals surface area contributed by atoms with Crippen molar-refractivity contribution in [1.29, 1.82) is 0 Å². The average Bonchev–Trinajstić information content (AvgIpc) is 2.39. The van der Waals surface area contributed by atoms with Gasteiger partial charge in [0.2, 0.25) is 0 Å². The minimum absolute atomic E-state index is 0.269. The highest BCUT2D eigenvalue weighted by Gasteiger charge is 2.14. The lowest BCUT2D eigenvalue weighted by Crippen LogP contribution is -2.13. The van der Waals surface area contributed by atoms with Crippen LogP contribution in [0.3, 0.4) is 0 Å². The second kappa shape index (κ2) is 5.85. The van der Waals surface area contributed by atoms with Gasteiger partial charge in [-0.1, -0.05) is 24.3 Å². The van der Waals surface area contributed by atoms with E-state index < -0.39 is 6.04 Å². The minimum atomic E-state index is -0.485. The summed E-state index contributed by atoms with van der Waals surface area (Å²) in [6, 6.07) is 12.1. The molecule has 0 radical (unpaired) electrons. The number of ether oxygens (including phenoxy) is 1. The van der Waals surface area contributed by atoms with Crippen LogP contribution in [-0.4, -0.2) is 6.61 Å². The average molecular weight is 259 g/mol. The van der Waals surface area contributed by atoms with Crippen LogP contribution in [0.25, 0.3) is 0 Å². The van der Waals surface area contributed by atoms with Crippen molar-refractivity contribution in [2.45, 2.75) is 19.9 Å². The molecule has 0 amide bonds. The summed E-state index contributed by atoms with van der Waals surface area (Å²) in [5.41, 5.74) is 8.36. The zero-order valence-electron chi connectivity index (χ0n) is 11.2. The zero-order chi connectivity index (χ0) is 13.8. The van der Waals surface area contributed by atoms with Gasteiger partial charge in [-0.05, 0) is 43.2 Å². The summed E-state index contributed by atoms with van der Waals surface area (Å²) >= 11 is 0. The Hall–Kier alpha value is -1.87. The van der Waals surface area contributed by atoms with Gasteiger partial charge in [-0.15, -0.1) is 0 Å². The molecule has 0 saturated heterocycles. The summed E-state index contributed by atoms with van der Waals surface area (Å²) in [6.45, 7) is 4.37. The maximum atomic E-state index is 13.9. The Balaban J connectivity index is 2.32. The molecule has 2 aromatic rings. The Morgan fingerprint density at radius 1 is 1.21 bits per heavy atom. The van der Waals surface area contributed by atoms with Crippen molar-refractivity contribution in [2.24, 2.45) is 5.73 Å². The second-order valence-corrected chi connectivity index (χ2v) is 4.51. The first-order valence-corrected chi connectivity index (χ1v) is 6.36. The minimum Gasteiger partial charge on any atom is -0.494 e. The van der Waals surface area contributed by atoms with Crippen LogP contribution in [0.4, 0.5) is 4.39 Å². The molecule has 100 valence electrons. The summed E-state index contributed by atoms with van der Waals surface area (Å²) in [6.07, 6.45) is 0. The number of hydrogen-bond acceptors (Lipinski definition) is 2. The van der Waals surface area contributed by atoms with Crippen LogP contribution in [0.15, 0.2) is 42.5 Å². The van der Waals surface area contributed by atoms with E-state index in [1.807, 2.05) is 44.2 Å². The van der Waals surface area contributed by atoms with Gasteiger partial charge in [0, 0.05) is 5.56 Å².